The van der Waals surface area contributed by atoms with Gasteiger partial charge in [0.15, 0.2) is 5.78 Å². The first-order valence-electron chi connectivity index (χ1n) is 16.1. The van der Waals surface area contributed by atoms with Crippen molar-refractivity contribution in [2.75, 3.05) is 7.11 Å². The van der Waals surface area contributed by atoms with Crippen LogP contribution in [0.5, 0.6) is 5.75 Å². The van der Waals surface area contributed by atoms with Crippen molar-refractivity contribution < 1.29 is 23.9 Å². The normalized spacial score (nSPS) is 18.5. The highest BCUT2D eigenvalue weighted by molar-refractivity contribution is 6.05. The van der Waals surface area contributed by atoms with Gasteiger partial charge in [-0.1, -0.05) is 68.5 Å². The summed E-state index contributed by atoms with van der Waals surface area (Å²) in [7, 11) is 1.59. The van der Waals surface area contributed by atoms with Crippen molar-refractivity contribution in [1.29, 1.82) is 0 Å². The summed E-state index contributed by atoms with van der Waals surface area (Å²) < 4.78 is 5.28. The SMILES string of the molecule is COc1ccc(CC(NC(=O)C(C)NC(=O)C2=C(C)c3ccccc3C2)C(=O)NC(CC2CCCC2)C(=O)C2CCC2)cc1. The number of allylic oxidation sites excluding steroid dienone is 1. The molecule has 0 heterocycles. The van der Waals surface area contributed by atoms with Gasteiger partial charge >= 0.3 is 0 Å². The molecule has 0 aliphatic heterocycles. The lowest BCUT2D eigenvalue weighted by Crippen LogP contribution is -2.56. The molecule has 0 aromatic heterocycles. The minimum Gasteiger partial charge on any atom is -0.497 e. The van der Waals surface area contributed by atoms with Crippen molar-refractivity contribution in [2.24, 2.45) is 11.8 Å². The summed E-state index contributed by atoms with van der Waals surface area (Å²) in [6, 6.07) is 12.9. The van der Waals surface area contributed by atoms with Crippen LogP contribution in [-0.4, -0.2) is 48.7 Å². The van der Waals surface area contributed by atoms with Crippen LogP contribution in [0.4, 0.5) is 0 Å². The monoisotopic (exact) mass is 599 g/mol. The lowest BCUT2D eigenvalue weighted by molar-refractivity contribution is -0.134. The van der Waals surface area contributed by atoms with Gasteiger partial charge in [-0.25, -0.2) is 0 Å². The molecule has 8 nitrogen and oxygen atoms in total. The molecule has 0 bridgehead atoms. The summed E-state index contributed by atoms with van der Waals surface area (Å²) in [6.07, 6.45) is 8.66. The van der Waals surface area contributed by atoms with Crippen molar-refractivity contribution in [3.05, 3.63) is 70.8 Å². The first-order chi connectivity index (χ1) is 21.2. The van der Waals surface area contributed by atoms with Gasteiger partial charge in [-0.05, 0) is 73.4 Å². The van der Waals surface area contributed by atoms with Gasteiger partial charge in [0.2, 0.25) is 17.7 Å². The van der Waals surface area contributed by atoms with E-state index in [-0.39, 0.29) is 29.9 Å². The van der Waals surface area contributed by atoms with Crippen LogP contribution in [0, 0.1) is 11.8 Å². The van der Waals surface area contributed by atoms with Crippen LogP contribution >= 0.6 is 0 Å². The van der Waals surface area contributed by atoms with E-state index >= 15 is 0 Å². The van der Waals surface area contributed by atoms with E-state index in [1.54, 1.807) is 14.0 Å². The van der Waals surface area contributed by atoms with Crippen molar-refractivity contribution in [1.82, 2.24) is 16.0 Å². The third kappa shape index (κ3) is 7.40. The number of carbonyl (C=O) groups excluding carboxylic acids is 4. The summed E-state index contributed by atoms with van der Waals surface area (Å²) >= 11 is 0. The average Bonchev–Trinajstić information content (AvgIpc) is 3.63. The summed E-state index contributed by atoms with van der Waals surface area (Å²) in [4.78, 5) is 53.9. The van der Waals surface area contributed by atoms with Gasteiger partial charge in [-0.15, -0.1) is 0 Å². The van der Waals surface area contributed by atoms with Crippen LogP contribution in [0.15, 0.2) is 54.1 Å². The number of hydrogen-bond donors (Lipinski definition) is 3. The van der Waals surface area contributed by atoms with E-state index in [1.807, 2.05) is 55.5 Å². The number of amides is 3. The molecule has 2 aromatic rings. The number of ether oxygens (including phenoxy) is 1. The lowest BCUT2D eigenvalue weighted by Gasteiger charge is -2.31. The van der Waals surface area contributed by atoms with Gasteiger partial charge in [0.05, 0.1) is 13.2 Å². The molecule has 3 N–H and O–H groups in total. The standard InChI is InChI=1S/C36H45N3O5/c1-22-29-14-7-6-11-27(29)21-30(22)35(42)37-23(2)34(41)39-32(20-25-15-17-28(44-3)18-16-25)36(43)38-31(19-24-9-4-5-10-24)33(40)26-12-8-13-26/h6-7,11,14-18,23-24,26,31-32H,4-5,8-10,12-13,19-21H2,1-3H3,(H,37,42)(H,38,43)(H,39,41). The van der Waals surface area contributed by atoms with Gasteiger partial charge in [0, 0.05) is 24.3 Å². The molecule has 2 fully saturated rings. The van der Waals surface area contributed by atoms with E-state index in [4.69, 9.17) is 4.74 Å². The van der Waals surface area contributed by atoms with E-state index in [9.17, 15) is 19.2 Å². The minimum absolute atomic E-state index is 0.00561. The van der Waals surface area contributed by atoms with Gasteiger partial charge in [-0.2, -0.15) is 0 Å². The van der Waals surface area contributed by atoms with Crippen molar-refractivity contribution >= 4 is 29.1 Å². The smallest absolute Gasteiger partial charge is 0.248 e. The Labute approximate surface area is 260 Å². The Morgan fingerprint density at radius 3 is 2.16 bits per heavy atom. The first-order valence-corrected chi connectivity index (χ1v) is 16.1. The summed E-state index contributed by atoms with van der Waals surface area (Å²) in [5, 5.41) is 8.78. The number of nitrogens with one attached hydrogen (secondary N) is 3. The topological polar surface area (TPSA) is 114 Å². The number of fused-ring (bicyclic) bond motifs is 1. The van der Waals surface area contributed by atoms with Crippen molar-refractivity contribution in [3.8, 4) is 5.75 Å². The fourth-order valence-corrected chi connectivity index (χ4v) is 6.70. The number of methoxy groups -OCH3 is 1. The number of hydrogen-bond acceptors (Lipinski definition) is 5. The molecule has 0 radical (unpaired) electrons. The molecule has 2 aromatic carbocycles. The molecule has 3 aliphatic rings. The highest BCUT2D eigenvalue weighted by Gasteiger charge is 2.36. The van der Waals surface area contributed by atoms with Crippen molar-refractivity contribution in [2.45, 2.75) is 96.2 Å². The van der Waals surface area contributed by atoms with Gasteiger partial charge in [-0.3, -0.25) is 19.2 Å². The van der Waals surface area contributed by atoms with Gasteiger partial charge in [0.25, 0.3) is 0 Å². The maximum atomic E-state index is 13.8. The van der Waals surface area contributed by atoms with Crippen LogP contribution in [0.2, 0.25) is 0 Å². The third-order valence-corrected chi connectivity index (χ3v) is 9.70. The highest BCUT2D eigenvalue weighted by atomic mass is 16.5. The zero-order valence-electron chi connectivity index (χ0n) is 26.1. The Balaban J connectivity index is 1.28. The first kappa shape index (κ1) is 31.5. The second kappa shape index (κ2) is 14.2. The second-order valence-corrected chi connectivity index (χ2v) is 12.7. The molecule has 3 atom stereocenters. The number of rotatable bonds is 13. The fraction of sp³-hybridized carbons (Fsp3) is 0.500. The Morgan fingerprint density at radius 2 is 1.52 bits per heavy atom. The summed E-state index contributed by atoms with van der Waals surface area (Å²) in [6.45, 7) is 3.55. The second-order valence-electron chi connectivity index (χ2n) is 12.7. The largest absolute Gasteiger partial charge is 0.497 e. The molecular formula is C36H45N3O5. The maximum Gasteiger partial charge on any atom is 0.248 e. The molecule has 8 heteroatoms. The number of ketones is 1. The van der Waals surface area contributed by atoms with Crippen LogP contribution in [0.3, 0.4) is 0 Å². The average molecular weight is 600 g/mol. The van der Waals surface area contributed by atoms with Crippen LogP contribution < -0.4 is 20.7 Å². The minimum atomic E-state index is -0.924. The fourth-order valence-electron chi connectivity index (χ4n) is 6.70. The molecular weight excluding hydrogens is 554 g/mol. The Kier molecular flexibility index (Phi) is 10.2. The van der Waals surface area contributed by atoms with Crippen LogP contribution in [0.1, 0.15) is 81.9 Å². The predicted octanol–water partition coefficient (Wildman–Crippen LogP) is 4.69. The predicted molar refractivity (Wildman–Crippen MR) is 170 cm³/mol. The molecule has 3 unspecified atom stereocenters. The van der Waals surface area contributed by atoms with Crippen LogP contribution in [0.25, 0.3) is 5.57 Å². The molecule has 3 amide bonds. The van der Waals surface area contributed by atoms with E-state index in [2.05, 4.69) is 16.0 Å². The molecule has 44 heavy (non-hydrogen) atoms. The van der Waals surface area contributed by atoms with E-state index in [1.165, 1.54) is 0 Å². The molecule has 0 spiro atoms. The zero-order valence-corrected chi connectivity index (χ0v) is 26.1. The van der Waals surface area contributed by atoms with E-state index in [0.29, 0.717) is 30.1 Å². The summed E-state index contributed by atoms with van der Waals surface area (Å²) in [5.74, 6) is 0.107. The Morgan fingerprint density at radius 1 is 0.841 bits per heavy atom. The zero-order chi connectivity index (χ0) is 31.2. The maximum absolute atomic E-state index is 13.8. The Hall–Kier alpha value is -3.94. The number of carbonyl (C=O) groups is 4. The molecule has 2 saturated carbocycles. The Bertz CT molecular complexity index is 1410. The quantitative estimate of drug-likeness (QED) is 0.309. The third-order valence-electron chi connectivity index (χ3n) is 9.70. The molecule has 3 aliphatic carbocycles. The molecule has 0 saturated heterocycles. The van der Waals surface area contributed by atoms with E-state index < -0.39 is 24.0 Å². The number of benzene rings is 2. The van der Waals surface area contributed by atoms with Crippen LogP contribution in [-0.2, 0) is 32.0 Å². The van der Waals surface area contributed by atoms with Gasteiger partial charge < -0.3 is 20.7 Å². The number of Topliss-reactive ketones (excluding diaryl/α,β-unsaturated/α-hetero) is 1. The van der Waals surface area contributed by atoms with Gasteiger partial charge in [0.1, 0.15) is 17.8 Å². The molecule has 5 rings (SSSR count). The molecule has 234 valence electrons. The summed E-state index contributed by atoms with van der Waals surface area (Å²) in [5.41, 5.74) is 4.53. The highest BCUT2D eigenvalue weighted by Crippen LogP contribution is 2.34. The lowest BCUT2D eigenvalue weighted by atomic mass is 9.78. The van der Waals surface area contributed by atoms with Crippen molar-refractivity contribution in [3.63, 3.8) is 0 Å². The van der Waals surface area contributed by atoms with E-state index in [0.717, 1.165) is 67.2 Å².